The predicted molar refractivity (Wildman–Crippen MR) is 95.3 cm³/mol. The van der Waals surface area contributed by atoms with Gasteiger partial charge in [-0.25, -0.2) is 4.79 Å². The summed E-state index contributed by atoms with van der Waals surface area (Å²) in [5, 5.41) is 0.956. The number of aryl methyl sites for hydroxylation is 2. The van der Waals surface area contributed by atoms with E-state index in [1.807, 2.05) is 36.9 Å². The minimum Gasteiger partial charge on any atom is -0.423 e. The molecule has 1 aromatic carbocycles. The number of carbonyl (C=O) groups is 1. The molecule has 0 radical (unpaired) electrons. The van der Waals surface area contributed by atoms with E-state index < -0.39 is 0 Å². The lowest BCUT2D eigenvalue weighted by molar-refractivity contribution is -0.131. The van der Waals surface area contributed by atoms with Crippen molar-refractivity contribution in [1.29, 1.82) is 0 Å². The molecule has 0 atom stereocenters. The first-order valence-electron chi connectivity index (χ1n) is 8.87. The number of nitrogens with zero attached hydrogens (tertiary/aromatic N) is 1. The Balaban J connectivity index is 1.78. The van der Waals surface area contributed by atoms with Crippen molar-refractivity contribution in [2.75, 3.05) is 13.1 Å². The molecule has 0 spiro atoms. The van der Waals surface area contributed by atoms with Crippen molar-refractivity contribution in [3.63, 3.8) is 0 Å². The van der Waals surface area contributed by atoms with Crippen molar-refractivity contribution < 1.29 is 9.21 Å². The molecule has 1 saturated heterocycles. The van der Waals surface area contributed by atoms with Gasteiger partial charge in [-0.2, -0.15) is 0 Å². The third kappa shape index (κ3) is 3.53. The second-order valence-electron chi connectivity index (χ2n) is 6.79. The zero-order valence-electron chi connectivity index (χ0n) is 14.6. The second kappa shape index (κ2) is 7.20. The monoisotopic (exact) mass is 327 g/mol. The van der Waals surface area contributed by atoms with Gasteiger partial charge in [0.05, 0.1) is 0 Å². The van der Waals surface area contributed by atoms with E-state index in [1.165, 1.54) is 12.8 Å². The highest BCUT2D eigenvalue weighted by Crippen LogP contribution is 2.21. The van der Waals surface area contributed by atoms with Crippen LogP contribution in [-0.4, -0.2) is 23.9 Å². The number of fused-ring (bicyclic) bond motifs is 1. The van der Waals surface area contributed by atoms with Gasteiger partial charge in [-0.05, 0) is 50.3 Å². The SMILES string of the molecule is Cc1ccc2c(C)c(CCC(=O)N3CCCCCC3)c(=O)oc2c1. The van der Waals surface area contributed by atoms with Crippen LogP contribution in [0.5, 0.6) is 0 Å². The molecule has 1 aliphatic heterocycles. The smallest absolute Gasteiger partial charge is 0.339 e. The lowest BCUT2D eigenvalue weighted by Gasteiger charge is -2.20. The highest BCUT2D eigenvalue weighted by Gasteiger charge is 2.18. The lowest BCUT2D eigenvalue weighted by atomic mass is 10.0. The van der Waals surface area contributed by atoms with Crippen LogP contribution in [0.4, 0.5) is 0 Å². The van der Waals surface area contributed by atoms with E-state index in [0.717, 1.165) is 42.4 Å². The molecule has 0 N–H and O–H groups in total. The average molecular weight is 327 g/mol. The third-order valence-electron chi connectivity index (χ3n) is 4.99. The lowest BCUT2D eigenvalue weighted by Crippen LogP contribution is -2.32. The van der Waals surface area contributed by atoms with E-state index in [9.17, 15) is 9.59 Å². The van der Waals surface area contributed by atoms with Gasteiger partial charge in [0.1, 0.15) is 5.58 Å². The Morgan fingerprint density at radius 1 is 1.12 bits per heavy atom. The van der Waals surface area contributed by atoms with Gasteiger partial charge >= 0.3 is 5.63 Å². The van der Waals surface area contributed by atoms with E-state index in [-0.39, 0.29) is 11.5 Å². The summed E-state index contributed by atoms with van der Waals surface area (Å²) in [5.41, 5.74) is 2.95. The van der Waals surface area contributed by atoms with Crippen LogP contribution in [0.15, 0.2) is 27.4 Å². The summed E-state index contributed by atoms with van der Waals surface area (Å²) in [6.45, 7) is 5.62. The zero-order chi connectivity index (χ0) is 17.1. The number of rotatable bonds is 3. The van der Waals surface area contributed by atoms with Crippen molar-refractivity contribution in [2.24, 2.45) is 0 Å². The van der Waals surface area contributed by atoms with Gasteiger partial charge in [0.2, 0.25) is 5.91 Å². The highest BCUT2D eigenvalue weighted by atomic mass is 16.4. The number of likely N-dealkylation sites (tertiary alicyclic amines) is 1. The Labute approximate surface area is 142 Å². The molecule has 0 unspecified atom stereocenters. The van der Waals surface area contributed by atoms with Gasteiger partial charge < -0.3 is 9.32 Å². The minimum absolute atomic E-state index is 0.153. The van der Waals surface area contributed by atoms with Gasteiger partial charge in [-0.15, -0.1) is 0 Å². The maximum Gasteiger partial charge on any atom is 0.339 e. The van der Waals surface area contributed by atoms with Crippen molar-refractivity contribution in [1.82, 2.24) is 4.90 Å². The maximum absolute atomic E-state index is 12.4. The Morgan fingerprint density at radius 3 is 2.54 bits per heavy atom. The summed E-state index contributed by atoms with van der Waals surface area (Å²) in [5.74, 6) is 0.153. The molecule has 1 fully saturated rings. The van der Waals surface area contributed by atoms with E-state index in [2.05, 4.69) is 0 Å². The van der Waals surface area contributed by atoms with Crippen LogP contribution in [0, 0.1) is 13.8 Å². The predicted octanol–water partition coefficient (Wildman–Crippen LogP) is 3.75. The molecular formula is C20H25NO3. The summed E-state index contributed by atoms with van der Waals surface area (Å²) < 4.78 is 5.47. The summed E-state index contributed by atoms with van der Waals surface area (Å²) in [4.78, 5) is 26.7. The summed E-state index contributed by atoms with van der Waals surface area (Å²) >= 11 is 0. The van der Waals surface area contributed by atoms with E-state index >= 15 is 0 Å². The fourth-order valence-corrected chi connectivity index (χ4v) is 3.50. The average Bonchev–Trinajstić information content (AvgIpc) is 2.83. The molecule has 4 nitrogen and oxygen atoms in total. The molecule has 24 heavy (non-hydrogen) atoms. The maximum atomic E-state index is 12.4. The summed E-state index contributed by atoms with van der Waals surface area (Å²) in [6.07, 6.45) is 5.41. The number of benzene rings is 1. The standard InChI is InChI=1S/C20H25NO3/c1-14-7-8-16-15(2)17(20(23)24-18(16)13-14)9-10-19(22)21-11-5-3-4-6-12-21/h7-8,13H,3-6,9-12H2,1-2H3. The van der Waals surface area contributed by atoms with Crippen LogP contribution in [0.2, 0.25) is 0 Å². The van der Waals surface area contributed by atoms with Crippen LogP contribution < -0.4 is 5.63 Å². The first-order valence-corrected chi connectivity index (χ1v) is 8.87. The molecule has 2 aromatic rings. The molecule has 3 rings (SSSR count). The number of hydrogen-bond donors (Lipinski definition) is 0. The number of carbonyl (C=O) groups excluding carboxylic acids is 1. The van der Waals surface area contributed by atoms with E-state index in [0.29, 0.717) is 24.0 Å². The zero-order valence-corrected chi connectivity index (χ0v) is 14.6. The van der Waals surface area contributed by atoms with Crippen LogP contribution in [0.25, 0.3) is 11.0 Å². The third-order valence-corrected chi connectivity index (χ3v) is 4.99. The molecule has 1 aromatic heterocycles. The van der Waals surface area contributed by atoms with Gasteiger partial charge in [0.15, 0.2) is 0 Å². The quantitative estimate of drug-likeness (QED) is 0.807. The Bertz CT molecular complexity index is 798. The van der Waals surface area contributed by atoms with Crippen molar-refractivity contribution in [3.8, 4) is 0 Å². The largest absolute Gasteiger partial charge is 0.423 e. The fourth-order valence-electron chi connectivity index (χ4n) is 3.50. The topological polar surface area (TPSA) is 50.5 Å². The van der Waals surface area contributed by atoms with Gasteiger partial charge in [-0.1, -0.05) is 25.0 Å². The summed E-state index contributed by atoms with van der Waals surface area (Å²) in [6, 6.07) is 5.89. The Hall–Kier alpha value is -2.10. The molecule has 1 aliphatic rings. The number of hydrogen-bond acceptors (Lipinski definition) is 3. The Morgan fingerprint density at radius 2 is 1.83 bits per heavy atom. The van der Waals surface area contributed by atoms with Gasteiger partial charge in [0, 0.05) is 30.5 Å². The van der Waals surface area contributed by atoms with E-state index in [4.69, 9.17) is 4.42 Å². The normalized spacial score (nSPS) is 15.5. The molecule has 0 saturated carbocycles. The Kier molecular flexibility index (Phi) is 5.03. The molecular weight excluding hydrogens is 302 g/mol. The molecule has 4 heteroatoms. The van der Waals surface area contributed by atoms with Crippen LogP contribution in [0.3, 0.4) is 0 Å². The first kappa shape index (κ1) is 16.7. The van der Waals surface area contributed by atoms with Gasteiger partial charge in [0.25, 0.3) is 0 Å². The van der Waals surface area contributed by atoms with Crippen molar-refractivity contribution >= 4 is 16.9 Å². The minimum atomic E-state index is -0.311. The highest BCUT2D eigenvalue weighted by molar-refractivity contribution is 5.82. The molecule has 0 bridgehead atoms. The molecule has 0 aliphatic carbocycles. The number of amides is 1. The first-order chi connectivity index (χ1) is 11.6. The van der Waals surface area contributed by atoms with Crippen LogP contribution in [0.1, 0.15) is 48.8 Å². The van der Waals surface area contributed by atoms with Crippen molar-refractivity contribution in [2.45, 2.75) is 52.4 Å². The van der Waals surface area contributed by atoms with Crippen molar-refractivity contribution in [3.05, 3.63) is 45.3 Å². The van der Waals surface area contributed by atoms with Crippen LogP contribution in [-0.2, 0) is 11.2 Å². The van der Waals surface area contributed by atoms with Gasteiger partial charge in [-0.3, -0.25) is 4.79 Å². The second-order valence-corrected chi connectivity index (χ2v) is 6.79. The molecule has 1 amide bonds. The molecule has 128 valence electrons. The van der Waals surface area contributed by atoms with Crippen LogP contribution >= 0.6 is 0 Å². The van der Waals surface area contributed by atoms with E-state index in [1.54, 1.807) is 0 Å². The summed E-state index contributed by atoms with van der Waals surface area (Å²) in [7, 11) is 0. The fraction of sp³-hybridized carbons (Fsp3) is 0.500. The molecule has 2 heterocycles.